The van der Waals surface area contributed by atoms with Gasteiger partial charge in [0.25, 0.3) is 0 Å². The summed E-state index contributed by atoms with van der Waals surface area (Å²) >= 11 is 0. The highest BCUT2D eigenvalue weighted by molar-refractivity contribution is 5.87. The molecule has 8 heteroatoms. The van der Waals surface area contributed by atoms with Gasteiger partial charge in [-0.05, 0) is 32.4 Å². The molecule has 0 spiro atoms. The van der Waals surface area contributed by atoms with Crippen LogP contribution in [0.4, 0.5) is 0 Å². The fourth-order valence-electron chi connectivity index (χ4n) is 2.58. The lowest BCUT2D eigenvalue weighted by Crippen LogP contribution is -2.47. The molecule has 0 aliphatic carbocycles. The second-order valence-corrected chi connectivity index (χ2v) is 6.38. The molecule has 8 nitrogen and oxygen atoms in total. The number of nitrogens with two attached hydrogens (primary N) is 2. The van der Waals surface area contributed by atoms with Gasteiger partial charge in [0.05, 0.1) is 0 Å². The summed E-state index contributed by atoms with van der Waals surface area (Å²) < 4.78 is 0. The molecule has 0 aliphatic heterocycles. The second kappa shape index (κ2) is 11.1. The van der Waals surface area contributed by atoms with Crippen LogP contribution < -0.4 is 27.4 Å². The zero-order valence-electron chi connectivity index (χ0n) is 15.5. The van der Waals surface area contributed by atoms with Gasteiger partial charge in [-0.3, -0.25) is 15.0 Å². The van der Waals surface area contributed by atoms with E-state index >= 15 is 0 Å². The molecule has 8 N–H and O–H groups in total. The number of nitrogens with one attached hydrogen (secondary N) is 4. The van der Waals surface area contributed by atoms with E-state index < -0.39 is 11.9 Å². The fraction of sp³-hybridized carbons (Fsp3) is 0.500. The van der Waals surface area contributed by atoms with E-state index in [-0.39, 0.29) is 24.3 Å². The summed E-state index contributed by atoms with van der Waals surface area (Å²) in [6.07, 6.45) is 2.12. The number of hydrogen-bond acceptors (Lipinski definition) is 4. The summed E-state index contributed by atoms with van der Waals surface area (Å²) in [5.74, 6) is -0.838. The van der Waals surface area contributed by atoms with Crippen molar-refractivity contribution in [2.75, 3.05) is 13.6 Å². The average molecular weight is 362 g/mol. The molecule has 0 saturated carbocycles. The molecule has 0 fully saturated rings. The first-order valence-corrected chi connectivity index (χ1v) is 8.71. The molecular weight excluding hydrogens is 332 g/mol. The maximum Gasteiger partial charge on any atom is 0.240 e. The Balaban J connectivity index is 2.50. The molecule has 1 rings (SSSR count). The van der Waals surface area contributed by atoms with Gasteiger partial charge in [-0.1, -0.05) is 29.8 Å². The Morgan fingerprint density at radius 3 is 2.38 bits per heavy atom. The molecule has 0 aromatic heterocycles. The lowest BCUT2D eigenvalue weighted by molar-refractivity contribution is -0.127. The summed E-state index contributed by atoms with van der Waals surface area (Å²) in [4.78, 5) is 24.0. The first-order valence-electron chi connectivity index (χ1n) is 8.71. The Labute approximate surface area is 154 Å². The van der Waals surface area contributed by atoms with Crippen molar-refractivity contribution in [3.63, 3.8) is 0 Å². The SMILES string of the molecule is CN[C@@H](CCCNC(=N)N)CC(=O)N[C@@H](Cc1ccc(C)cc1)C(N)=O. The van der Waals surface area contributed by atoms with Gasteiger partial charge in [0, 0.05) is 25.4 Å². The van der Waals surface area contributed by atoms with Crippen LogP contribution in [0.5, 0.6) is 0 Å². The number of carbonyl (C=O) groups excluding carboxylic acids is 2. The smallest absolute Gasteiger partial charge is 0.240 e. The van der Waals surface area contributed by atoms with Crippen LogP contribution in [0.15, 0.2) is 24.3 Å². The highest BCUT2D eigenvalue weighted by Crippen LogP contribution is 2.07. The van der Waals surface area contributed by atoms with Gasteiger partial charge in [0.2, 0.25) is 11.8 Å². The zero-order chi connectivity index (χ0) is 19.5. The topological polar surface area (TPSA) is 146 Å². The summed E-state index contributed by atoms with van der Waals surface area (Å²) in [6.45, 7) is 2.56. The highest BCUT2D eigenvalue weighted by Gasteiger charge is 2.20. The lowest BCUT2D eigenvalue weighted by Gasteiger charge is -2.19. The number of hydrogen-bond donors (Lipinski definition) is 6. The highest BCUT2D eigenvalue weighted by atomic mass is 16.2. The van der Waals surface area contributed by atoms with Crippen LogP contribution in [0.1, 0.15) is 30.4 Å². The van der Waals surface area contributed by atoms with E-state index in [0.29, 0.717) is 13.0 Å². The van der Waals surface area contributed by atoms with Crippen molar-refractivity contribution < 1.29 is 9.59 Å². The minimum Gasteiger partial charge on any atom is -0.370 e. The van der Waals surface area contributed by atoms with Gasteiger partial charge in [-0.25, -0.2) is 0 Å². The van der Waals surface area contributed by atoms with Crippen LogP contribution in [0.2, 0.25) is 0 Å². The number of guanidine groups is 1. The normalized spacial score (nSPS) is 12.8. The molecule has 0 heterocycles. The van der Waals surface area contributed by atoms with E-state index in [9.17, 15) is 9.59 Å². The predicted octanol–water partition coefficient (Wildman–Crippen LogP) is -0.251. The van der Waals surface area contributed by atoms with Crippen LogP contribution >= 0.6 is 0 Å². The minimum absolute atomic E-state index is 0.0309. The molecule has 0 saturated heterocycles. The van der Waals surface area contributed by atoms with Gasteiger partial charge in [-0.2, -0.15) is 0 Å². The van der Waals surface area contributed by atoms with E-state index in [1.165, 1.54) is 0 Å². The Morgan fingerprint density at radius 1 is 1.19 bits per heavy atom. The summed E-state index contributed by atoms with van der Waals surface area (Å²) in [5.41, 5.74) is 12.7. The van der Waals surface area contributed by atoms with Crippen LogP contribution in [0, 0.1) is 12.3 Å². The van der Waals surface area contributed by atoms with E-state index in [1.807, 2.05) is 31.2 Å². The third-order valence-corrected chi connectivity index (χ3v) is 4.12. The molecule has 26 heavy (non-hydrogen) atoms. The first-order chi connectivity index (χ1) is 12.3. The van der Waals surface area contributed by atoms with Crippen LogP contribution in [-0.2, 0) is 16.0 Å². The monoisotopic (exact) mass is 362 g/mol. The largest absolute Gasteiger partial charge is 0.370 e. The van der Waals surface area contributed by atoms with Crippen molar-refractivity contribution in [2.24, 2.45) is 11.5 Å². The van der Waals surface area contributed by atoms with Crippen molar-refractivity contribution >= 4 is 17.8 Å². The number of primary amides is 1. The number of carbonyl (C=O) groups is 2. The van der Waals surface area contributed by atoms with Crippen molar-refractivity contribution in [3.8, 4) is 0 Å². The maximum absolute atomic E-state index is 12.3. The minimum atomic E-state index is -0.734. The number of benzene rings is 1. The van der Waals surface area contributed by atoms with Crippen LogP contribution in [0.25, 0.3) is 0 Å². The molecule has 0 radical (unpaired) electrons. The number of rotatable bonds is 11. The Kier molecular flexibility index (Phi) is 9.14. The fourth-order valence-corrected chi connectivity index (χ4v) is 2.58. The quantitative estimate of drug-likeness (QED) is 0.182. The number of aryl methyl sites for hydroxylation is 1. The second-order valence-electron chi connectivity index (χ2n) is 6.38. The van der Waals surface area contributed by atoms with Crippen LogP contribution in [-0.4, -0.2) is 43.5 Å². The van der Waals surface area contributed by atoms with Crippen molar-refractivity contribution in [2.45, 2.75) is 44.7 Å². The van der Waals surface area contributed by atoms with Gasteiger partial charge >= 0.3 is 0 Å². The zero-order valence-corrected chi connectivity index (χ0v) is 15.5. The molecule has 2 atom stereocenters. The van der Waals surface area contributed by atoms with Crippen molar-refractivity contribution in [3.05, 3.63) is 35.4 Å². The number of amides is 2. The third-order valence-electron chi connectivity index (χ3n) is 4.12. The van der Waals surface area contributed by atoms with E-state index in [2.05, 4.69) is 16.0 Å². The molecule has 1 aromatic carbocycles. The standard InChI is InChI=1S/C18H30N6O2/c1-12-5-7-13(8-6-12)10-15(17(19)26)24-16(25)11-14(22-2)4-3-9-23-18(20)21/h5-8,14-15,22H,3-4,9-11H2,1-2H3,(H2,19,26)(H,24,25)(H4,20,21,23)/t14-,15-/m0/s1. The third kappa shape index (κ3) is 8.48. The van der Waals surface area contributed by atoms with Gasteiger partial charge < -0.3 is 27.4 Å². The molecular formula is C18H30N6O2. The van der Waals surface area contributed by atoms with E-state index in [4.69, 9.17) is 16.9 Å². The summed E-state index contributed by atoms with van der Waals surface area (Å²) in [7, 11) is 1.79. The van der Waals surface area contributed by atoms with Crippen molar-refractivity contribution in [1.82, 2.24) is 16.0 Å². The molecule has 1 aromatic rings. The molecule has 0 bridgehead atoms. The molecule has 2 amide bonds. The molecule has 0 aliphatic rings. The average Bonchev–Trinajstić information content (AvgIpc) is 2.58. The van der Waals surface area contributed by atoms with Gasteiger partial charge in [-0.15, -0.1) is 0 Å². The van der Waals surface area contributed by atoms with E-state index in [1.54, 1.807) is 7.05 Å². The summed E-state index contributed by atoms with van der Waals surface area (Å²) in [5, 5.41) is 15.6. The summed E-state index contributed by atoms with van der Waals surface area (Å²) in [6, 6.07) is 7.01. The Hall–Kier alpha value is -2.61. The van der Waals surface area contributed by atoms with Crippen molar-refractivity contribution in [1.29, 1.82) is 5.41 Å². The lowest BCUT2D eigenvalue weighted by atomic mass is 10.0. The Bertz CT molecular complexity index is 602. The molecule has 144 valence electrons. The van der Waals surface area contributed by atoms with Gasteiger partial charge in [0.1, 0.15) is 6.04 Å². The Morgan fingerprint density at radius 2 is 1.85 bits per heavy atom. The maximum atomic E-state index is 12.3. The first kappa shape index (κ1) is 21.4. The van der Waals surface area contributed by atoms with Gasteiger partial charge in [0.15, 0.2) is 5.96 Å². The molecule has 0 unspecified atom stereocenters. The van der Waals surface area contributed by atoms with Crippen LogP contribution in [0.3, 0.4) is 0 Å². The predicted molar refractivity (Wildman–Crippen MR) is 103 cm³/mol. The van der Waals surface area contributed by atoms with E-state index in [0.717, 1.165) is 24.0 Å².